The third-order valence-electron chi connectivity index (χ3n) is 5.48. The Hall–Kier alpha value is -3.12. The average molecular weight is 437 g/mol. The fourth-order valence-corrected chi connectivity index (χ4v) is 3.85. The topological polar surface area (TPSA) is 80.7 Å². The van der Waals surface area contributed by atoms with Crippen LogP contribution in [0.15, 0.2) is 61.0 Å². The smallest absolute Gasteiger partial charge is 0.341 e. The van der Waals surface area contributed by atoms with Crippen LogP contribution in [0.5, 0.6) is 5.75 Å². The maximum Gasteiger partial charge on any atom is 0.341 e. The van der Waals surface area contributed by atoms with Gasteiger partial charge in [0.2, 0.25) is 0 Å². The second-order valence-corrected chi connectivity index (χ2v) is 7.92. The number of ether oxygens (including phenoxy) is 1. The molecular formula is C26H32N2O4. The molecule has 0 radical (unpaired) electrons. The lowest BCUT2D eigenvalue weighted by Crippen LogP contribution is -2.16. The van der Waals surface area contributed by atoms with Crippen LogP contribution in [0, 0.1) is 5.92 Å². The number of carboxylic acid groups (broad SMARTS) is 1. The molecule has 1 unspecified atom stereocenters. The lowest BCUT2D eigenvalue weighted by Gasteiger charge is -2.24. The van der Waals surface area contributed by atoms with E-state index in [1.807, 2.05) is 30.5 Å². The van der Waals surface area contributed by atoms with Crippen LogP contribution in [0.3, 0.4) is 0 Å². The fraction of sp³-hybridized carbons (Fsp3) is 0.385. The summed E-state index contributed by atoms with van der Waals surface area (Å²) in [6, 6.07) is 9.82. The molecule has 0 spiro atoms. The number of unbranched alkanes of at least 4 members (excludes halogenated alkanes) is 2. The molecule has 32 heavy (non-hydrogen) atoms. The molecule has 0 amide bonds. The summed E-state index contributed by atoms with van der Waals surface area (Å²) in [5, 5.41) is 8.86. The number of hydroxylamine groups is 1. The number of carbonyl (C=O) groups is 1. The van der Waals surface area contributed by atoms with Gasteiger partial charge >= 0.3 is 5.97 Å². The zero-order chi connectivity index (χ0) is 22.6. The normalized spacial score (nSPS) is 16.0. The third kappa shape index (κ3) is 7.24. The minimum absolute atomic E-state index is 0.307. The van der Waals surface area contributed by atoms with Crippen molar-refractivity contribution in [3.63, 3.8) is 0 Å². The minimum Gasteiger partial charge on any atom is -0.482 e. The van der Waals surface area contributed by atoms with Crippen molar-refractivity contribution in [2.75, 3.05) is 13.2 Å². The number of aromatic nitrogens is 1. The zero-order valence-electron chi connectivity index (χ0n) is 18.6. The minimum atomic E-state index is -0.959. The molecule has 2 N–H and O–H groups in total. The van der Waals surface area contributed by atoms with Crippen LogP contribution in [-0.4, -0.2) is 29.3 Å². The molecule has 0 aliphatic heterocycles. The molecule has 1 aromatic carbocycles. The van der Waals surface area contributed by atoms with Crippen LogP contribution in [0.1, 0.15) is 49.3 Å². The van der Waals surface area contributed by atoms with Crippen molar-refractivity contribution in [1.82, 2.24) is 10.5 Å². The molecule has 6 nitrogen and oxygen atoms in total. The molecule has 1 atom stereocenters. The highest BCUT2D eigenvalue weighted by atomic mass is 16.6. The Morgan fingerprint density at radius 2 is 2.22 bits per heavy atom. The maximum atomic E-state index is 10.8. The van der Waals surface area contributed by atoms with Gasteiger partial charge in [-0.3, -0.25) is 15.3 Å². The van der Waals surface area contributed by atoms with E-state index in [1.54, 1.807) is 6.20 Å². The summed E-state index contributed by atoms with van der Waals surface area (Å²) in [6.07, 6.45) is 16.1. The Morgan fingerprint density at radius 1 is 1.31 bits per heavy atom. The molecule has 0 bridgehead atoms. The van der Waals surface area contributed by atoms with Crippen molar-refractivity contribution in [1.29, 1.82) is 0 Å². The molecule has 1 aliphatic carbocycles. The molecule has 2 aromatic rings. The summed E-state index contributed by atoms with van der Waals surface area (Å²) in [7, 11) is 0. The van der Waals surface area contributed by atoms with E-state index in [4.69, 9.17) is 14.7 Å². The Morgan fingerprint density at radius 3 is 3.00 bits per heavy atom. The largest absolute Gasteiger partial charge is 0.482 e. The summed E-state index contributed by atoms with van der Waals surface area (Å²) in [4.78, 5) is 20.7. The molecule has 0 saturated carbocycles. The van der Waals surface area contributed by atoms with E-state index in [-0.39, 0.29) is 6.61 Å². The van der Waals surface area contributed by atoms with E-state index in [0.29, 0.717) is 18.3 Å². The first-order chi connectivity index (χ1) is 15.7. The lowest BCUT2D eigenvalue weighted by atomic mass is 9.83. The maximum absolute atomic E-state index is 10.8. The highest BCUT2D eigenvalue weighted by Gasteiger charge is 2.20. The molecule has 170 valence electrons. The van der Waals surface area contributed by atoms with E-state index in [9.17, 15) is 4.79 Å². The molecule has 1 aromatic heterocycles. The first-order valence-corrected chi connectivity index (χ1v) is 11.3. The van der Waals surface area contributed by atoms with Crippen molar-refractivity contribution in [3.05, 3.63) is 77.6 Å². The molecule has 1 heterocycles. The van der Waals surface area contributed by atoms with Gasteiger partial charge < -0.3 is 9.84 Å². The monoisotopic (exact) mass is 436 g/mol. The van der Waals surface area contributed by atoms with Gasteiger partial charge in [0.25, 0.3) is 0 Å². The molecule has 1 aliphatic rings. The van der Waals surface area contributed by atoms with E-state index in [2.05, 4.69) is 41.7 Å². The van der Waals surface area contributed by atoms with Gasteiger partial charge in [-0.25, -0.2) is 4.79 Å². The van der Waals surface area contributed by atoms with Gasteiger partial charge in [-0.05, 0) is 67.3 Å². The third-order valence-corrected chi connectivity index (χ3v) is 5.48. The number of hydrogen-bond donors (Lipinski definition) is 2. The lowest BCUT2D eigenvalue weighted by molar-refractivity contribution is -0.139. The first kappa shape index (κ1) is 23.5. The van der Waals surface area contributed by atoms with E-state index < -0.39 is 5.97 Å². The van der Waals surface area contributed by atoms with Crippen molar-refractivity contribution in [2.45, 2.75) is 45.4 Å². The van der Waals surface area contributed by atoms with Crippen molar-refractivity contribution in [3.8, 4) is 5.75 Å². The summed E-state index contributed by atoms with van der Waals surface area (Å²) in [5.74, 6) is 0.163. The number of nitrogens with one attached hydrogen (secondary N) is 1. The Kier molecular flexibility index (Phi) is 9.32. The highest BCUT2D eigenvalue weighted by Crippen LogP contribution is 2.32. The van der Waals surface area contributed by atoms with Gasteiger partial charge in [-0.15, -0.1) is 0 Å². The van der Waals surface area contributed by atoms with Crippen LogP contribution in [0.2, 0.25) is 0 Å². The standard InChI is InChI=1S/C26H32N2O4/c1-2-3-4-11-24(22-10-6-15-27-18-22)28-32-16-7-8-20-13-14-23-21(17-20)9-5-12-25(23)31-19-26(29)30/h5-12,15,18,20,28H,2-4,13-14,16-17,19H2,1H3,(H,29,30). The second-order valence-electron chi connectivity index (χ2n) is 7.92. The molecule has 0 fully saturated rings. The Bertz CT molecular complexity index is 925. The fourth-order valence-electron chi connectivity index (χ4n) is 3.85. The summed E-state index contributed by atoms with van der Waals surface area (Å²) >= 11 is 0. The van der Waals surface area contributed by atoms with Gasteiger partial charge in [0.05, 0.1) is 12.3 Å². The highest BCUT2D eigenvalue weighted by molar-refractivity contribution is 5.68. The number of pyridine rings is 1. The van der Waals surface area contributed by atoms with Crippen molar-refractivity contribution in [2.24, 2.45) is 5.92 Å². The number of nitrogens with zero attached hydrogens (tertiary/aromatic N) is 1. The van der Waals surface area contributed by atoms with Gasteiger partial charge in [0, 0.05) is 18.0 Å². The van der Waals surface area contributed by atoms with Gasteiger partial charge in [-0.1, -0.05) is 43.7 Å². The predicted octanol–water partition coefficient (Wildman–Crippen LogP) is 4.96. The van der Waals surface area contributed by atoms with E-state index in [1.165, 1.54) is 5.56 Å². The first-order valence-electron chi connectivity index (χ1n) is 11.3. The number of fused-ring (bicyclic) bond motifs is 1. The summed E-state index contributed by atoms with van der Waals surface area (Å²) < 4.78 is 5.45. The van der Waals surface area contributed by atoms with Gasteiger partial charge in [-0.2, -0.15) is 0 Å². The summed E-state index contributed by atoms with van der Waals surface area (Å²) in [6.45, 7) is 2.34. The van der Waals surface area contributed by atoms with Gasteiger partial charge in [0.15, 0.2) is 6.61 Å². The number of hydrogen-bond acceptors (Lipinski definition) is 5. The zero-order valence-corrected chi connectivity index (χ0v) is 18.6. The Balaban J connectivity index is 1.50. The van der Waals surface area contributed by atoms with E-state index >= 15 is 0 Å². The molecule has 6 heteroatoms. The van der Waals surface area contributed by atoms with Crippen LogP contribution in [0.4, 0.5) is 0 Å². The van der Waals surface area contributed by atoms with Crippen LogP contribution in [-0.2, 0) is 22.5 Å². The number of aliphatic carboxylic acids is 1. The van der Waals surface area contributed by atoms with Crippen LogP contribution in [0.25, 0.3) is 5.70 Å². The Labute approximate surface area is 189 Å². The summed E-state index contributed by atoms with van der Waals surface area (Å²) in [5.41, 5.74) is 7.40. The quantitative estimate of drug-likeness (QED) is 0.278. The van der Waals surface area contributed by atoms with Crippen LogP contribution < -0.4 is 10.2 Å². The van der Waals surface area contributed by atoms with E-state index in [0.717, 1.165) is 55.3 Å². The van der Waals surface area contributed by atoms with Crippen molar-refractivity contribution < 1.29 is 19.5 Å². The average Bonchev–Trinajstić information content (AvgIpc) is 2.81. The SMILES string of the molecule is CCCCC=C(NOCC=CC1CCc2c(cccc2OCC(=O)O)C1)c1cccnc1. The number of rotatable bonds is 12. The number of benzene rings is 1. The predicted molar refractivity (Wildman–Crippen MR) is 125 cm³/mol. The van der Waals surface area contributed by atoms with Gasteiger partial charge in [0.1, 0.15) is 5.75 Å². The second kappa shape index (κ2) is 12.7. The van der Waals surface area contributed by atoms with Crippen LogP contribution >= 0.6 is 0 Å². The van der Waals surface area contributed by atoms with Crippen molar-refractivity contribution >= 4 is 11.7 Å². The number of allylic oxidation sites excluding steroid dienone is 2. The molecular weight excluding hydrogens is 404 g/mol. The molecule has 0 saturated heterocycles. The number of carboxylic acids is 1. The molecule has 3 rings (SSSR count).